The maximum Gasteiger partial charge on any atom is 0.156 e. The average Bonchev–Trinajstić information content (AvgIpc) is 2.70. The maximum atomic E-state index is 11.2. The number of carboxylic acid groups (broad SMARTS) is 1. The lowest BCUT2D eigenvalue weighted by Crippen LogP contribution is -2.28. The average molecular weight is 255 g/mol. The predicted molar refractivity (Wildman–Crippen MR) is 65.2 cm³/mol. The van der Waals surface area contributed by atoms with Crippen molar-refractivity contribution >= 4 is 16.9 Å². The van der Waals surface area contributed by atoms with Gasteiger partial charge in [-0.05, 0) is 25.1 Å². The summed E-state index contributed by atoms with van der Waals surface area (Å²) in [5.74, 6) is -1.62. The zero-order chi connectivity index (χ0) is 13.6. The van der Waals surface area contributed by atoms with Crippen LogP contribution in [0.1, 0.15) is 27.7 Å². The quantitative estimate of drug-likeness (QED) is 0.754. The highest BCUT2D eigenvalue weighted by molar-refractivity contribution is 5.96. The van der Waals surface area contributed by atoms with E-state index in [9.17, 15) is 15.2 Å². The summed E-state index contributed by atoms with van der Waals surface area (Å²) in [6.07, 6.45) is 0.755. The first kappa shape index (κ1) is 11.8. The Morgan fingerprint density at radius 3 is 3.05 bits per heavy atom. The zero-order valence-corrected chi connectivity index (χ0v) is 10.3. The van der Waals surface area contributed by atoms with Crippen molar-refractivity contribution in [3.05, 3.63) is 35.1 Å². The molecule has 0 amide bonds. The normalized spacial score (nSPS) is 19.1. The minimum Gasteiger partial charge on any atom is -0.542 e. The Kier molecular flexibility index (Phi) is 2.54. The molecular formula is C14H11N2O3-. The van der Waals surface area contributed by atoms with E-state index in [1.165, 1.54) is 0 Å². The molecule has 3 rings (SSSR count). The molecule has 1 aliphatic rings. The van der Waals surface area contributed by atoms with Crippen molar-refractivity contribution < 1.29 is 14.3 Å². The number of carbonyl (C=O) groups excluding carboxylic acids is 1. The lowest BCUT2D eigenvalue weighted by molar-refractivity contribution is -0.257. The second-order valence-electron chi connectivity index (χ2n) is 4.68. The number of rotatable bonds is 1. The van der Waals surface area contributed by atoms with Crippen LogP contribution in [0.5, 0.6) is 0 Å². The van der Waals surface area contributed by atoms with Crippen LogP contribution in [0, 0.1) is 11.3 Å². The van der Waals surface area contributed by atoms with E-state index in [1.54, 1.807) is 13.1 Å². The monoisotopic (exact) mass is 255 g/mol. The lowest BCUT2D eigenvalue weighted by Gasteiger charge is -2.20. The van der Waals surface area contributed by atoms with Crippen molar-refractivity contribution in [3.8, 4) is 6.07 Å². The van der Waals surface area contributed by atoms with Gasteiger partial charge < -0.3 is 14.3 Å². The standard InChI is InChI=1S/C14H12N2O3/c1-16-6-5-8-3-2-4-10-11(8)12(9(16)7-15)13(19-10)14(17)18/h2-4,9H,5-6H2,1H3,(H,17,18)/p-1. The number of hydrogen-bond acceptors (Lipinski definition) is 5. The third kappa shape index (κ3) is 1.61. The minimum absolute atomic E-state index is 0.234. The van der Waals surface area contributed by atoms with Crippen LogP contribution in [0.15, 0.2) is 22.6 Å². The Labute approximate surface area is 109 Å². The van der Waals surface area contributed by atoms with Crippen molar-refractivity contribution in [2.45, 2.75) is 12.5 Å². The SMILES string of the molecule is CN1CCc2cccc3oc(C(=O)[O-])c(c23)C1C#N. The highest BCUT2D eigenvalue weighted by Gasteiger charge is 2.30. The molecule has 1 aromatic heterocycles. The molecule has 5 nitrogen and oxygen atoms in total. The number of nitrogens with zero attached hydrogens (tertiary/aromatic N) is 2. The topological polar surface area (TPSA) is 80.3 Å². The van der Waals surface area contributed by atoms with Crippen molar-refractivity contribution in [1.82, 2.24) is 4.90 Å². The van der Waals surface area contributed by atoms with Gasteiger partial charge in [0.2, 0.25) is 0 Å². The molecule has 0 N–H and O–H groups in total. The Morgan fingerprint density at radius 1 is 1.58 bits per heavy atom. The highest BCUT2D eigenvalue weighted by Crippen LogP contribution is 2.37. The fourth-order valence-corrected chi connectivity index (χ4v) is 2.68. The molecule has 0 fully saturated rings. The summed E-state index contributed by atoms with van der Waals surface area (Å²) in [7, 11) is 1.80. The van der Waals surface area contributed by atoms with Gasteiger partial charge in [0.15, 0.2) is 5.76 Å². The van der Waals surface area contributed by atoms with E-state index in [1.807, 2.05) is 17.0 Å². The van der Waals surface area contributed by atoms with E-state index >= 15 is 0 Å². The van der Waals surface area contributed by atoms with E-state index in [0.717, 1.165) is 17.4 Å². The first-order chi connectivity index (χ1) is 9.13. The summed E-state index contributed by atoms with van der Waals surface area (Å²) in [5.41, 5.74) is 1.93. The predicted octanol–water partition coefficient (Wildman–Crippen LogP) is 0.849. The van der Waals surface area contributed by atoms with Crippen LogP contribution in [-0.4, -0.2) is 24.5 Å². The second-order valence-corrected chi connectivity index (χ2v) is 4.68. The fourth-order valence-electron chi connectivity index (χ4n) is 2.68. The molecule has 19 heavy (non-hydrogen) atoms. The molecular weight excluding hydrogens is 244 g/mol. The molecule has 1 aliphatic heterocycles. The largest absolute Gasteiger partial charge is 0.542 e. The van der Waals surface area contributed by atoms with Gasteiger partial charge >= 0.3 is 0 Å². The fraction of sp³-hybridized carbons (Fsp3) is 0.286. The van der Waals surface area contributed by atoms with Crippen LogP contribution in [0.4, 0.5) is 0 Å². The van der Waals surface area contributed by atoms with E-state index in [0.29, 0.717) is 17.7 Å². The molecule has 0 saturated carbocycles. The molecule has 0 aliphatic carbocycles. The van der Waals surface area contributed by atoms with Crippen LogP contribution in [0.3, 0.4) is 0 Å². The van der Waals surface area contributed by atoms with Crippen LogP contribution in [0.2, 0.25) is 0 Å². The Hall–Kier alpha value is -2.32. The molecule has 5 heteroatoms. The number of nitriles is 1. The van der Waals surface area contributed by atoms with E-state index in [-0.39, 0.29) is 5.76 Å². The number of aromatic carboxylic acids is 1. The van der Waals surface area contributed by atoms with Gasteiger partial charge in [-0.25, -0.2) is 0 Å². The van der Waals surface area contributed by atoms with Crippen LogP contribution in [0.25, 0.3) is 11.0 Å². The minimum atomic E-state index is -1.38. The molecule has 0 spiro atoms. The third-order valence-electron chi connectivity index (χ3n) is 3.59. The summed E-state index contributed by atoms with van der Waals surface area (Å²) in [6.45, 7) is 0.693. The number of carboxylic acids is 1. The lowest BCUT2D eigenvalue weighted by atomic mass is 10.00. The van der Waals surface area contributed by atoms with Gasteiger partial charge in [0.05, 0.1) is 6.07 Å². The van der Waals surface area contributed by atoms with Gasteiger partial charge in [0, 0.05) is 17.5 Å². The molecule has 96 valence electrons. The van der Waals surface area contributed by atoms with Crippen molar-refractivity contribution in [2.75, 3.05) is 13.6 Å². The van der Waals surface area contributed by atoms with Gasteiger partial charge in [-0.1, -0.05) is 12.1 Å². The molecule has 2 aromatic rings. The second kappa shape index (κ2) is 4.11. The Bertz CT molecular complexity index is 711. The molecule has 1 atom stereocenters. The molecule has 1 unspecified atom stereocenters. The van der Waals surface area contributed by atoms with E-state index in [2.05, 4.69) is 6.07 Å². The summed E-state index contributed by atoms with van der Waals surface area (Å²) < 4.78 is 5.37. The van der Waals surface area contributed by atoms with Crippen LogP contribution < -0.4 is 5.11 Å². The summed E-state index contributed by atoms with van der Waals surface area (Å²) in [6, 6.07) is 7.01. The molecule has 0 radical (unpaired) electrons. The van der Waals surface area contributed by atoms with Crippen molar-refractivity contribution in [3.63, 3.8) is 0 Å². The van der Waals surface area contributed by atoms with Gasteiger partial charge in [-0.3, -0.25) is 4.90 Å². The summed E-state index contributed by atoms with van der Waals surface area (Å²) in [4.78, 5) is 13.1. The van der Waals surface area contributed by atoms with E-state index in [4.69, 9.17) is 4.42 Å². The van der Waals surface area contributed by atoms with Crippen LogP contribution >= 0.6 is 0 Å². The van der Waals surface area contributed by atoms with Gasteiger partial charge in [-0.15, -0.1) is 0 Å². The number of carbonyl (C=O) groups is 1. The smallest absolute Gasteiger partial charge is 0.156 e. The molecule has 0 bridgehead atoms. The first-order valence-electron chi connectivity index (χ1n) is 5.99. The first-order valence-corrected chi connectivity index (χ1v) is 5.99. The third-order valence-corrected chi connectivity index (χ3v) is 3.59. The van der Waals surface area contributed by atoms with Crippen LogP contribution in [-0.2, 0) is 6.42 Å². The highest BCUT2D eigenvalue weighted by atomic mass is 16.4. The summed E-state index contributed by atoms with van der Waals surface area (Å²) >= 11 is 0. The van der Waals surface area contributed by atoms with Gasteiger partial charge in [0.1, 0.15) is 17.6 Å². The van der Waals surface area contributed by atoms with Crippen molar-refractivity contribution in [2.24, 2.45) is 0 Å². The van der Waals surface area contributed by atoms with Gasteiger partial charge in [-0.2, -0.15) is 5.26 Å². The molecule has 0 saturated heterocycles. The van der Waals surface area contributed by atoms with Crippen molar-refractivity contribution in [1.29, 1.82) is 5.26 Å². The number of furan rings is 1. The van der Waals surface area contributed by atoms with Gasteiger partial charge in [0.25, 0.3) is 0 Å². The number of benzene rings is 1. The summed E-state index contributed by atoms with van der Waals surface area (Å²) in [5, 5.41) is 21.3. The Balaban J connectivity index is 2.42. The zero-order valence-electron chi connectivity index (χ0n) is 10.3. The molecule has 2 heterocycles. The maximum absolute atomic E-state index is 11.2. The number of hydrogen-bond donors (Lipinski definition) is 0. The van der Waals surface area contributed by atoms with E-state index < -0.39 is 12.0 Å². The number of likely N-dealkylation sites (N-methyl/N-ethyl adjacent to an activating group) is 1. The Morgan fingerprint density at radius 2 is 2.37 bits per heavy atom. The molecule has 1 aromatic carbocycles.